The molecular formula is C9H13NO3S. The SMILES string of the molecule is O=C1CSCC(=O)N1CC1(CO)CC1. The molecule has 2 rings (SSSR count). The number of rotatable bonds is 3. The molecule has 0 radical (unpaired) electrons. The Bertz CT molecular complexity index is 259. The minimum atomic E-state index is -0.159. The van der Waals surface area contributed by atoms with E-state index < -0.39 is 0 Å². The number of aliphatic hydroxyl groups excluding tert-OH is 1. The van der Waals surface area contributed by atoms with Crippen LogP contribution in [0.25, 0.3) is 0 Å². The lowest BCUT2D eigenvalue weighted by Gasteiger charge is -2.27. The Hall–Kier alpha value is -0.550. The molecule has 1 N–H and O–H groups in total. The lowest BCUT2D eigenvalue weighted by atomic mass is 10.1. The molecule has 5 heteroatoms. The van der Waals surface area contributed by atoms with Crippen LogP contribution in [0.15, 0.2) is 0 Å². The monoisotopic (exact) mass is 215 g/mol. The number of hydrogen-bond acceptors (Lipinski definition) is 4. The van der Waals surface area contributed by atoms with Gasteiger partial charge in [0.1, 0.15) is 0 Å². The maximum atomic E-state index is 11.4. The Morgan fingerprint density at radius 3 is 2.29 bits per heavy atom. The molecule has 0 aromatic heterocycles. The predicted molar refractivity (Wildman–Crippen MR) is 52.8 cm³/mol. The quantitative estimate of drug-likeness (QED) is 0.666. The van der Waals surface area contributed by atoms with Gasteiger partial charge in [-0.2, -0.15) is 0 Å². The van der Waals surface area contributed by atoms with Crippen molar-refractivity contribution in [3.8, 4) is 0 Å². The topological polar surface area (TPSA) is 57.6 Å². The van der Waals surface area contributed by atoms with Crippen molar-refractivity contribution in [2.75, 3.05) is 24.7 Å². The van der Waals surface area contributed by atoms with Gasteiger partial charge in [0.25, 0.3) is 0 Å². The molecule has 0 aromatic rings. The van der Waals surface area contributed by atoms with Crippen molar-refractivity contribution in [3.05, 3.63) is 0 Å². The van der Waals surface area contributed by atoms with Crippen LogP contribution >= 0.6 is 11.8 Å². The number of amides is 2. The number of aliphatic hydroxyl groups is 1. The highest BCUT2D eigenvalue weighted by Gasteiger charge is 2.46. The number of thioether (sulfide) groups is 1. The molecule has 78 valence electrons. The van der Waals surface area contributed by atoms with E-state index in [4.69, 9.17) is 5.11 Å². The van der Waals surface area contributed by atoms with Gasteiger partial charge in [0.05, 0.1) is 18.1 Å². The summed E-state index contributed by atoms with van der Waals surface area (Å²) >= 11 is 1.37. The van der Waals surface area contributed by atoms with Crippen molar-refractivity contribution >= 4 is 23.6 Å². The molecule has 0 atom stereocenters. The maximum absolute atomic E-state index is 11.4. The van der Waals surface area contributed by atoms with Gasteiger partial charge >= 0.3 is 0 Å². The predicted octanol–water partition coefficient (Wildman–Crippen LogP) is -0.139. The van der Waals surface area contributed by atoms with Gasteiger partial charge in [-0.25, -0.2) is 0 Å². The Kier molecular flexibility index (Phi) is 2.53. The molecule has 1 aliphatic carbocycles. The molecule has 1 saturated heterocycles. The summed E-state index contributed by atoms with van der Waals surface area (Å²) in [6.07, 6.45) is 1.85. The Balaban J connectivity index is 2.01. The van der Waals surface area contributed by atoms with E-state index in [9.17, 15) is 9.59 Å². The molecule has 0 unspecified atom stereocenters. The van der Waals surface area contributed by atoms with Crippen molar-refractivity contribution < 1.29 is 14.7 Å². The van der Waals surface area contributed by atoms with E-state index in [1.807, 2.05) is 0 Å². The van der Waals surface area contributed by atoms with Gasteiger partial charge in [-0.3, -0.25) is 14.5 Å². The van der Waals surface area contributed by atoms with E-state index in [0.717, 1.165) is 12.8 Å². The molecule has 4 nitrogen and oxygen atoms in total. The van der Waals surface area contributed by atoms with Crippen LogP contribution in [0.5, 0.6) is 0 Å². The zero-order valence-electron chi connectivity index (χ0n) is 7.86. The largest absolute Gasteiger partial charge is 0.396 e. The van der Waals surface area contributed by atoms with Crippen LogP contribution < -0.4 is 0 Å². The average molecular weight is 215 g/mol. The summed E-state index contributed by atoms with van der Waals surface area (Å²) in [5, 5.41) is 9.11. The standard InChI is InChI=1S/C9H13NO3S/c11-6-9(1-2-9)5-10-7(12)3-14-4-8(10)13/h11H,1-6H2. The number of hydrogen-bond donors (Lipinski definition) is 1. The summed E-state index contributed by atoms with van der Waals surface area (Å²) in [6.45, 7) is 0.499. The van der Waals surface area contributed by atoms with E-state index in [1.54, 1.807) is 0 Å². The highest BCUT2D eigenvalue weighted by atomic mass is 32.2. The van der Waals surface area contributed by atoms with Crippen LogP contribution in [0.4, 0.5) is 0 Å². The summed E-state index contributed by atoms with van der Waals surface area (Å²) in [6, 6.07) is 0. The summed E-state index contributed by atoms with van der Waals surface area (Å²) in [4.78, 5) is 24.2. The van der Waals surface area contributed by atoms with Crippen molar-refractivity contribution in [1.29, 1.82) is 0 Å². The number of imide groups is 1. The Labute approximate surface area is 86.6 Å². The van der Waals surface area contributed by atoms with Gasteiger partial charge in [0.2, 0.25) is 11.8 Å². The van der Waals surface area contributed by atoms with Gasteiger partial charge in [0, 0.05) is 12.0 Å². The summed E-state index contributed by atoms with van der Waals surface area (Å²) in [7, 11) is 0. The molecule has 2 amide bonds. The fraction of sp³-hybridized carbons (Fsp3) is 0.778. The molecular weight excluding hydrogens is 202 g/mol. The van der Waals surface area contributed by atoms with Crippen LogP contribution in [-0.2, 0) is 9.59 Å². The van der Waals surface area contributed by atoms with E-state index in [2.05, 4.69) is 0 Å². The van der Waals surface area contributed by atoms with Crippen LogP contribution in [0.2, 0.25) is 0 Å². The van der Waals surface area contributed by atoms with Crippen molar-refractivity contribution in [2.45, 2.75) is 12.8 Å². The molecule has 1 aliphatic heterocycles. The molecule has 0 aromatic carbocycles. The fourth-order valence-corrected chi connectivity index (χ4v) is 2.34. The van der Waals surface area contributed by atoms with Gasteiger partial charge < -0.3 is 5.11 Å². The van der Waals surface area contributed by atoms with Crippen LogP contribution in [0.3, 0.4) is 0 Å². The lowest BCUT2D eigenvalue weighted by Crippen LogP contribution is -2.46. The molecule has 0 spiro atoms. The molecule has 2 fully saturated rings. The zero-order valence-corrected chi connectivity index (χ0v) is 8.68. The van der Waals surface area contributed by atoms with Gasteiger partial charge in [-0.15, -0.1) is 11.8 Å². The first-order chi connectivity index (χ1) is 6.67. The first-order valence-electron chi connectivity index (χ1n) is 4.69. The summed E-state index contributed by atoms with van der Waals surface area (Å²) in [5.41, 5.74) is -0.159. The van der Waals surface area contributed by atoms with Crippen LogP contribution in [-0.4, -0.2) is 46.5 Å². The van der Waals surface area contributed by atoms with Crippen LogP contribution in [0.1, 0.15) is 12.8 Å². The van der Waals surface area contributed by atoms with Gasteiger partial charge in [-0.05, 0) is 12.8 Å². The second-order valence-corrected chi connectivity index (χ2v) is 5.01. The molecule has 1 saturated carbocycles. The van der Waals surface area contributed by atoms with Crippen LogP contribution in [0, 0.1) is 5.41 Å². The minimum Gasteiger partial charge on any atom is -0.396 e. The van der Waals surface area contributed by atoms with Crippen molar-refractivity contribution in [1.82, 2.24) is 4.90 Å². The van der Waals surface area contributed by atoms with E-state index in [-0.39, 0.29) is 23.8 Å². The number of nitrogens with zero attached hydrogens (tertiary/aromatic N) is 1. The second kappa shape index (κ2) is 3.55. The number of carbonyl (C=O) groups is 2. The third-order valence-corrected chi connectivity index (χ3v) is 3.74. The van der Waals surface area contributed by atoms with Crippen molar-refractivity contribution in [3.63, 3.8) is 0 Å². The smallest absolute Gasteiger partial charge is 0.239 e. The second-order valence-electron chi connectivity index (χ2n) is 4.02. The molecule has 0 bridgehead atoms. The maximum Gasteiger partial charge on any atom is 0.239 e. The summed E-state index contributed by atoms with van der Waals surface area (Å²) in [5.74, 6) is 0.581. The van der Waals surface area contributed by atoms with E-state index in [0.29, 0.717) is 18.1 Å². The van der Waals surface area contributed by atoms with E-state index in [1.165, 1.54) is 16.7 Å². The molecule has 14 heavy (non-hydrogen) atoms. The number of carbonyl (C=O) groups excluding carboxylic acids is 2. The highest BCUT2D eigenvalue weighted by Crippen LogP contribution is 2.45. The lowest BCUT2D eigenvalue weighted by molar-refractivity contribution is -0.143. The third-order valence-electron chi connectivity index (χ3n) is 2.84. The van der Waals surface area contributed by atoms with Gasteiger partial charge in [0.15, 0.2) is 0 Å². The Morgan fingerprint density at radius 2 is 1.86 bits per heavy atom. The first kappa shape index (κ1) is 9.98. The average Bonchev–Trinajstić information content (AvgIpc) is 2.93. The molecule has 2 aliphatic rings. The third kappa shape index (κ3) is 1.79. The van der Waals surface area contributed by atoms with E-state index >= 15 is 0 Å². The molecule has 1 heterocycles. The summed E-state index contributed by atoms with van der Waals surface area (Å²) < 4.78 is 0. The normalized spacial score (nSPS) is 25.4. The fourth-order valence-electron chi connectivity index (χ4n) is 1.58. The minimum absolute atomic E-state index is 0.0806. The zero-order chi connectivity index (χ0) is 10.2. The first-order valence-corrected chi connectivity index (χ1v) is 5.84. The highest BCUT2D eigenvalue weighted by molar-refractivity contribution is 8.00. The Morgan fingerprint density at radius 1 is 1.29 bits per heavy atom. The van der Waals surface area contributed by atoms with Gasteiger partial charge in [-0.1, -0.05) is 0 Å². The van der Waals surface area contributed by atoms with Crippen molar-refractivity contribution in [2.24, 2.45) is 5.41 Å².